The van der Waals surface area contributed by atoms with Crippen molar-refractivity contribution in [1.29, 1.82) is 0 Å². The number of hydrogen-bond acceptors (Lipinski definition) is 2. The molecule has 0 fully saturated rings. The summed E-state index contributed by atoms with van der Waals surface area (Å²) in [5, 5.41) is 0. The van der Waals surface area contributed by atoms with E-state index in [4.69, 9.17) is 9.47 Å². The summed E-state index contributed by atoms with van der Waals surface area (Å²) < 4.78 is 12.0. The van der Waals surface area contributed by atoms with E-state index in [1.54, 1.807) is 7.11 Å². The molecule has 0 aromatic heterocycles. The van der Waals surface area contributed by atoms with E-state index in [0.29, 0.717) is 12.5 Å². The van der Waals surface area contributed by atoms with Crippen LogP contribution >= 0.6 is 15.9 Å². The van der Waals surface area contributed by atoms with Gasteiger partial charge in [-0.15, -0.1) is 0 Å². The van der Waals surface area contributed by atoms with Crippen LogP contribution in [0.3, 0.4) is 0 Å². The number of benzene rings is 2. The largest absolute Gasteiger partial charge is 0.496 e. The highest BCUT2D eigenvalue weighted by Gasteiger charge is 2.04. The Kier molecular flexibility index (Phi) is 5.68. The molecule has 2 nitrogen and oxygen atoms in total. The first-order chi connectivity index (χ1) is 10.1. The second kappa shape index (κ2) is 7.51. The molecule has 0 aliphatic heterocycles. The molecule has 0 saturated heterocycles. The van der Waals surface area contributed by atoms with Crippen molar-refractivity contribution in [1.82, 2.24) is 0 Å². The van der Waals surface area contributed by atoms with E-state index in [1.165, 1.54) is 5.56 Å². The first kappa shape index (κ1) is 15.9. The molecule has 0 aliphatic carbocycles. The van der Waals surface area contributed by atoms with E-state index in [9.17, 15) is 0 Å². The van der Waals surface area contributed by atoms with Crippen LogP contribution in [0.5, 0.6) is 11.5 Å². The van der Waals surface area contributed by atoms with Crippen molar-refractivity contribution in [2.75, 3.05) is 7.11 Å². The summed E-state index contributed by atoms with van der Waals surface area (Å²) in [6.07, 6.45) is 1.15. The maximum absolute atomic E-state index is 5.83. The Morgan fingerprint density at radius 2 is 1.81 bits per heavy atom. The van der Waals surface area contributed by atoms with E-state index in [1.807, 2.05) is 30.3 Å². The highest BCUT2D eigenvalue weighted by atomic mass is 79.9. The molecule has 2 rings (SSSR count). The first-order valence-electron chi connectivity index (χ1n) is 7.19. The van der Waals surface area contributed by atoms with Crippen LogP contribution in [0.2, 0.25) is 0 Å². The van der Waals surface area contributed by atoms with Crippen LogP contribution in [0.4, 0.5) is 0 Å². The Balaban J connectivity index is 1.98. The summed E-state index contributed by atoms with van der Waals surface area (Å²) >= 11 is 3.49. The molecule has 0 amide bonds. The fourth-order valence-corrected chi connectivity index (χ4v) is 2.68. The van der Waals surface area contributed by atoms with Gasteiger partial charge in [-0.1, -0.05) is 32.0 Å². The van der Waals surface area contributed by atoms with E-state index in [0.717, 1.165) is 28.0 Å². The second-order valence-electron chi connectivity index (χ2n) is 5.14. The van der Waals surface area contributed by atoms with Gasteiger partial charge in [0.2, 0.25) is 0 Å². The third-order valence-electron chi connectivity index (χ3n) is 3.68. The maximum Gasteiger partial charge on any atom is 0.133 e. The molecule has 21 heavy (non-hydrogen) atoms. The molecule has 0 aliphatic rings. The number of methoxy groups -OCH3 is 1. The molecule has 0 N–H and O–H groups in total. The van der Waals surface area contributed by atoms with Crippen molar-refractivity contribution in [2.45, 2.75) is 32.8 Å². The van der Waals surface area contributed by atoms with Gasteiger partial charge in [0.05, 0.1) is 11.6 Å². The Morgan fingerprint density at radius 3 is 2.38 bits per heavy atom. The second-order valence-corrected chi connectivity index (χ2v) is 5.99. The Labute approximate surface area is 135 Å². The van der Waals surface area contributed by atoms with Crippen LogP contribution in [0.1, 0.15) is 37.3 Å². The van der Waals surface area contributed by atoms with Gasteiger partial charge in [0.1, 0.15) is 18.1 Å². The van der Waals surface area contributed by atoms with Crippen LogP contribution in [-0.2, 0) is 6.61 Å². The zero-order chi connectivity index (χ0) is 15.2. The predicted octanol–water partition coefficient (Wildman–Crippen LogP) is 5.55. The molecule has 1 atom stereocenters. The summed E-state index contributed by atoms with van der Waals surface area (Å²) in [4.78, 5) is 0. The van der Waals surface area contributed by atoms with Crippen molar-refractivity contribution in [3.63, 3.8) is 0 Å². The van der Waals surface area contributed by atoms with Crippen LogP contribution < -0.4 is 9.47 Å². The minimum atomic E-state index is 0.547. The molecule has 2 aromatic rings. The van der Waals surface area contributed by atoms with Crippen molar-refractivity contribution in [3.8, 4) is 11.5 Å². The average molecular weight is 349 g/mol. The number of rotatable bonds is 6. The molecule has 2 aromatic carbocycles. The average Bonchev–Trinajstić information content (AvgIpc) is 2.52. The number of halogens is 1. The van der Waals surface area contributed by atoms with Crippen LogP contribution in [0.15, 0.2) is 46.9 Å². The van der Waals surface area contributed by atoms with Crippen molar-refractivity contribution in [3.05, 3.63) is 58.1 Å². The molecular weight excluding hydrogens is 328 g/mol. The van der Waals surface area contributed by atoms with Gasteiger partial charge in [-0.25, -0.2) is 0 Å². The third-order valence-corrected chi connectivity index (χ3v) is 4.30. The summed E-state index contributed by atoms with van der Waals surface area (Å²) in [6.45, 7) is 4.99. The highest BCUT2D eigenvalue weighted by Crippen LogP contribution is 2.26. The molecular formula is C18H21BrO2. The van der Waals surface area contributed by atoms with Crippen molar-refractivity contribution < 1.29 is 9.47 Å². The Bertz CT molecular complexity index is 578. The lowest BCUT2D eigenvalue weighted by molar-refractivity contribution is 0.305. The topological polar surface area (TPSA) is 18.5 Å². The van der Waals surface area contributed by atoms with Gasteiger partial charge < -0.3 is 9.47 Å². The maximum atomic E-state index is 5.83. The van der Waals surface area contributed by atoms with E-state index in [2.05, 4.69) is 41.9 Å². The fourth-order valence-electron chi connectivity index (χ4n) is 2.09. The lowest BCUT2D eigenvalue weighted by Crippen LogP contribution is -1.97. The van der Waals surface area contributed by atoms with Gasteiger partial charge in [0.25, 0.3) is 0 Å². The zero-order valence-electron chi connectivity index (χ0n) is 12.7. The molecule has 0 saturated carbocycles. The minimum Gasteiger partial charge on any atom is -0.496 e. The summed E-state index contributed by atoms with van der Waals surface area (Å²) in [7, 11) is 1.66. The molecule has 1 unspecified atom stereocenters. The van der Waals surface area contributed by atoms with E-state index < -0.39 is 0 Å². The van der Waals surface area contributed by atoms with E-state index >= 15 is 0 Å². The van der Waals surface area contributed by atoms with Crippen molar-refractivity contribution in [2.24, 2.45) is 0 Å². The number of ether oxygens (including phenoxy) is 2. The Hall–Kier alpha value is -1.48. The lowest BCUT2D eigenvalue weighted by Gasteiger charge is -2.11. The molecule has 0 spiro atoms. The first-order valence-corrected chi connectivity index (χ1v) is 7.98. The molecule has 3 heteroatoms. The molecule has 0 radical (unpaired) electrons. The predicted molar refractivity (Wildman–Crippen MR) is 90.2 cm³/mol. The molecule has 112 valence electrons. The van der Waals surface area contributed by atoms with Gasteiger partial charge in [0, 0.05) is 0 Å². The lowest BCUT2D eigenvalue weighted by atomic mass is 9.99. The van der Waals surface area contributed by atoms with Gasteiger partial charge >= 0.3 is 0 Å². The van der Waals surface area contributed by atoms with Gasteiger partial charge in [-0.2, -0.15) is 0 Å². The van der Waals surface area contributed by atoms with Gasteiger partial charge in [0.15, 0.2) is 0 Å². The smallest absolute Gasteiger partial charge is 0.133 e. The summed E-state index contributed by atoms with van der Waals surface area (Å²) in [6, 6.07) is 14.3. The summed E-state index contributed by atoms with van der Waals surface area (Å²) in [5.74, 6) is 2.32. The van der Waals surface area contributed by atoms with Crippen LogP contribution in [-0.4, -0.2) is 7.11 Å². The van der Waals surface area contributed by atoms with Gasteiger partial charge in [-0.3, -0.25) is 0 Å². The van der Waals surface area contributed by atoms with E-state index in [-0.39, 0.29) is 0 Å². The number of hydrogen-bond donors (Lipinski definition) is 0. The molecule has 0 bridgehead atoms. The highest BCUT2D eigenvalue weighted by molar-refractivity contribution is 9.10. The summed E-state index contributed by atoms with van der Waals surface area (Å²) in [5.41, 5.74) is 2.46. The van der Waals surface area contributed by atoms with Crippen LogP contribution in [0.25, 0.3) is 0 Å². The Morgan fingerprint density at radius 1 is 1.10 bits per heavy atom. The molecule has 0 heterocycles. The fraction of sp³-hybridized carbons (Fsp3) is 0.333. The normalized spacial score (nSPS) is 12.0. The SMILES string of the molecule is CCC(C)c1ccc(OCc2ccc(OC)c(Br)c2)cc1. The third kappa shape index (κ3) is 4.24. The standard InChI is InChI=1S/C18H21BrO2/c1-4-13(2)15-6-8-16(9-7-15)21-12-14-5-10-18(20-3)17(19)11-14/h5-11,13H,4,12H2,1-3H3. The van der Waals surface area contributed by atoms with Crippen LogP contribution in [0, 0.1) is 0 Å². The quantitative estimate of drug-likeness (QED) is 0.681. The monoisotopic (exact) mass is 348 g/mol. The van der Waals surface area contributed by atoms with Crippen molar-refractivity contribution >= 4 is 15.9 Å². The zero-order valence-corrected chi connectivity index (χ0v) is 14.3. The van der Waals surface area contributed by atoms with Gasteiger partial charge in [-0.05, 0) is 63.7 Å². The minimum absolute atomic E-state index is 0.547.